The SMILES string of the molecule is Cc1c(C(F)(F)F)nc2ccc(C#Cc3nc(-c4ccccc4)cn3C)nn12.Cc1nn2ccc(C#Cc3nc(-c4ccccc4)cn3C)nc2c1C. The number of hydrogen-bond donors (Lipinski definition) is 0. The van der Waals surface area contributed by atoms with Crippen LogP contribution < -0.4 is 0 Å². The molecule has 8 rings (SSSR count). The molecule has 2 aromatic carbocycles. The molecular formula is C40H31F3N10. The highest BCUT2D eigenvalue weighted by Gasteiger charge is 2.36. The lowest BCUT2D eigenvalue weighted by atomic mass is 10.2. The molecule has 0 N–H and O–H groups in total. The number of hydrogen-bond acceptors (Lipinski definition) is 6. The van der Waals surface area contributed by atoms with E-state index in [0.717, 1.165) is 43.9 Å². The van der Waals surface area contributed by atoms with Crippen molar-refractivity contribution in [2.45, 2.75) is 26.9 Å². The minimum Gasteiger partial charge on any atom is -0.327 e. The number of halogens is 3. The van der Waals surface area contributed by atoms with Crippen LogP contribution in [0.4, 0.5) is 13.2 Å². The molecule has 0 amide bonds. The Bertz CT molecular complexity index is 2730. The van der Waals surface area contributed by atoms with Crippen LogP contribution in [0.1, 0.15) is 45.7 Å². The smallest absolute Gasteiger partial charge is 0.327 e. The largest absolute Gasteiger partial charge is 0.435 e. The van der Waals surface area contributed by atoms with Gasteiger partial charge < -0.3 is 9.13 Å². The highest BCUT2D eigenvalue weighted by Crippen LogP contribution is 2.31. The van der Waals surface area contributed by atoms with Gasteiger partial charge in [0, 0.05) is 49.4 Å². The van der Waals surface area contributed by atoms with E-state index in [1.807, 2.05) is 118 Å². The number of rotatable bonds is 2. The van der Waals surface area contributed by atoms with Crippen molar-refractivity contribution in [1.82, 2.24) is 48.3 Å². The maximum atomic E-state index is 13.0. The first kappa shape index (κ1) is 34.5. The van der Waals surface area contributed by atoms with Gasteiger partial charge in [0.1, 0.15) is 11.4 Å². The van der Waals surface area contributed by atoms with Crippen LogP contribution in [0.25, 0.3) is 33.8 Å². The van der Waals surface area contributed by atoms with Gasteiger partial charge in [-0.05, 0) is 62.7 Å². The van der Waals surface area contributed by atoms with E-state index in [0.29, 0.717) is 23.0 Å². The predicted molar refractivity (Wildman–Crippen MR) is 194 cm³/mol. The first-order chi connectivity index (χ1) is 25.4. The number of nitrogens with zero attached hydrogens (tertiary/aromatic N) is 10. The molecule has 6 heterocycles. The summed E-state index contributed by atoms with van der Waals surface area (Å²) in [5.41, 5.74) is 6.79. The topological polar surface area (TPSA) is 96.0 Å². The summed E-state index contributed by atoms with van der Waals surface area (Å²) in [6.45, 7) is 5.33. The van der Waals surface area contributed by atoms with Crippen LogP contribution in [0, 0.1) is 44.5 Å². The Morgan fingerprint density at radius 3 is 1.74 bits per heavy atom. The van der Waals surface area contributed by atoms with Gasteiger partial charge in [0.15, 0.2) is 28.6 Å². The lowest BCUT2D eigenvalue weighted by molar-refractivity contribution is -0.141. The quantitative estimate of drug-likeness (QED) is 0.180. The maximum absolute atomic E-state index is 13.0. The molecule has 13 heteroatoms. The predicted octanol–water partition coefficient (Wildman–Crippen LogP) is 7.00. The van der Waals surface area contributed by atoms with Crippen molar-refractivity contribution in [2.75, 3.05) is 0 Å². The van der Waals surface area contributed by atoms with E-state index in [-0.39, 0.29) is 11.3 Å². The van der Waals surface area contributed by atoms with Crippen molar-refractivity contribution in [3.8, 4) is 46.2 Å². The first-order valence-electron chi connectivity index (χ1n) is 16.4. The minimum atomic E-state index is -4.52. The van der Waals surface area contributed by atoms with Crippen molar-refractivity contribution < 1.29 is 13.2 Å². The third-order valence-electron chi connectivity index (χ3n) is 8.42. The highest BCUT2D eigenvalue weighted by molar-refractivity contribution is 5.60. The molecule has 0 atom stereocenters. The lowest BCUT2D eigenvalue weighted by Gasteiger charge is -2.02. The summed E-state index contributed by atoms with van der Waals surface area (Å²) in [7, 11) is 3.78. The van der Waals surface area contributed by atoms with Gasteiger partial charge in [-0.1, -0.05) is 60.7 Å². The van der Waals surface area contributed by atoms with Crippen molar-refractivity contribution in [3.63, 3.8) is 0 Å². The van der Waals surface area contributed by atoms with Gasteiger partial charge in [-0.2, -0.15) is 23.4 Å². The van der Waals surface area contributed by atoms with Crippen LogP contribution in [-0.4, -0.2) is 48.3 Å². The third kappa shape index (κ3) is 7.27. The molecule has 0 unspecified atom stereocenters. The minimum absolute atomic E-state index is 0.0745. The molecule has 0 aliphatic carbocycles. The monoisotopic (exact) mass is 708 g/mol. The average molecular weight is 709 g/mol. The van der Waals surface area contributed by atoms with E-state index >= 15 is 0 Å². The molecule has 6 aromatic heterocycles. The van der Waals surface area contributed by atoms with Crippen LogP contribution in [0.2, 0.25) is 0 Å². The van der Waals surface area contributed by atoms with Gasteiger partial charge in [0.05, 0.1) is 22.8 Å². The molecule has 0 saturated carbocycles. The second-order valence-electron chi connectivity index (χ2n) is 12.2. The summed E-state index contributed by atoms with van der Waals surface area (Å²) < 4.78 is 45.7. The van der Waals surface area contributed by atoms with Crippen LogP contribution in [0.3, 0.4) is 0 Å². The second-order valence-corrected chi connectivity index (χ2v) is 12.2. The summed E-state index contributed by atoms with van der Waals surface area (Å²) in [4.78, 5) is 17.3. The number of aryl methyl sites for hydroxylation is 5. The van der Waals surface area contributed by atoms with Gasteiger partial charge in [0.25, 0.3) is 0 Å². The van der Waals surface area contributed by atoms with Gasteiger partial charge >= 0.3 is 6.18 Å². The van der Waals surface area contributed by atoms with Crippen molar-refractivity contribution in [3.05, 3.63) is 143 Å². The summed E-state index contributed by atoms with van der Waals surface area (Å²) in [6.07, 6.45) is 1.22. The van der Waals surface area contributed by atoms with E-state index in [2.05, 4.69) is 53.8 Å². The summed E-state index contributed by atoms with van der Waals surface area (Å²) in [5, 5.41) is 8.57. The molecule has 10 nitrogen and oxygen atoms in total. The Morgan fingerprint density at radius 1 is 0.604 bits per heavy atom. The Kier molecular flexibility index (Phi) is 9.08. The fourth-order valence-electron chi connectivity index (χ4n) is 5.50. The van der Waals surface area contributed by atoms with Crippen LogP contribution in [-0.2, 0) is 20.3 Å². The number of alkyl halides is 3. The molecule has 0 spiro atoms. The third-order valence-corrected chi connectivity index (χ3v) is 8.42. The van der Waals surface area contributed by atoms with Gasteiger partial charge in [0.2, 0.25) is 0 Å². The number of fused-ring (bicyclic) bond motifs is 2. The van der Waals surface area contributed by atoms with E-state index in [4.69, 9.17) is 0 Å². The summed E-state index contributed by atoms with van der Waals surface area (Å²) in [6, 6.07) is 24.6. The normalized spacial score (nSPS) is 11.1. The number of benzene rings is 2. The molecule has 0 saturated heterocycles. The fraction of sp³-hybridized carbons (Fsp3) is 0.150. The van der Waals surface area contributed by atoms with Gasteiger partial charge in [-0.15, -0.1) is 0 Å². The van der Waals surface area contributed by atoms with Crippen LogP contribution in [0.15, 0.2) is 97.5 Å². The molecule has 0 aliphatic heterocycles. The van der Waals surface area contributed by atoms with Crippen LogP contribution in [0.5, 0.6) is 0 Å². The maximum Gasteiger partial charge on any atom is 0.435 e. The Hall–Kier alpha value is -6.99. The Morgan fingerprint density at radius 2 is 1.17 bits per heavy atom. The van der Waals surface area contributed by atoms with Crippen molar-refractivity contribution >= 4 is 11.3 Å². The lowest BCUT2D eigenvalue weighted by Crippen LogP contribution is -2.08. The number of imidazole rings is 3. The van der Waals surface area contributed by atoms with Crippen molar-refractivity contribution in [2.24, 2.45) is 14.1 Å². The molecule has 0 radical (unpaired) electrons. The van der Waals surface area contributed by atoms with Gasteiger partial charge in [-0.3, -0.25) is 0 Å². The summed E-state index contributed by atoms with van der Waals surface area (Å²) in [5.74, 6) is 13.3. The highest BCUT2D eigenvalue weighted by atomic mass is 19.4. The zero-order chi connectivity index (χ0) is 37.3. The standard InChI is InChI=1S/C20H14F3N5.C20H17N5/c1-13-19(20(21,22)23)25-18-11-9-15(26-28(13)18)8-10-17-24-16(12-27(17)2)14-6-4-3-5-7-14;1-14-15(2)23-25-12-11-17(21-20(14)25)9-10-19-22-18(13-24(19)3)16-7-5-4-6-8-16/h3-7,9,11-12H,1-2H3;4-8,11-13H,1-3H3. The first-order valence-corrected chi connectivity index (χ1v) is 16.4. The fourth-order valence-corrected chi connectivity index (χ4v) is 5.50. The second kappa shape index (κ2) is 14.0. The average Bonchev–Trinajstić information content (AvgIpc) is 3.90. The zero-order valence-corrected chi connectivity index (χ0v) is 29.3. The van der Waals surface area contributed by atoms with E-state index in [1.54, 1.807) is 9.08 Å². The molecular weight excluding hydrogens is 678 g/mol. The van der Waals surface area contributed by atoms with Crippen LogP contribution >= 0.6 is 0 Å². The molecule has 8 aromatic rings. The molecule has 0 bridgehead atoms. The van der Waals surface area contributed by atoms with E-state index < -0.39 is 11.9 Å². The summed E-state index contributed by atoms with van der Waals surface area (Å²) >= 11 is 0. The molecule has 0 aliphatic rings. The number of aromatic nitrogens is 10. The van der Waals surface area contributed by atoms with Gasteiger partial charge in [-0.25, -0.2) is 29.0 Å². The van der Waals surface area contributed by atoms with Crippen molar-refractivity contribution in [1.29, 1.82) is 0 Å². The Labute approximate surface area is 302 Å². The van der Waals surface area contributed by atoms with E-state index in [9.17, 15) is 13.2 Å². The van der Waals surface area contributed by atoms with E-state index in [1.165, 1.54) is 19.1 Å². The zero-order valence-electron chi connectivity index (χ0n) is 29.3. The Balaban J connectivity index is 0.000000165. The molecule has 53 heavy (non-hydrogen) atoms. The molecule has 262 valence electrons. The molecule has 0 fully saturated rings.